The third kappa shape index (κ3) is 9.76. The quantitative estimate of drug-likeness (QED) is 0.203. The van der Waals surface area contributed by atoms with Crippen LogP contribution in [0.5, 0.6) is 5.75 Å². The molecule has 0 aliphatic carbocycles. The van der Waals surface area contributed by atoms with Crippen LogP contribution in [-0.4, -0.2) is 40.3 Å². The number of nitrogens with zero attached hydrogens (tertiary/aromatic N) is 2. The Balaban J connectivity index is 1.48. The summed E-state index contributed by atoms with van der Waals surface area (Å²) in [4.78, 5) is 32.4. The van der Waals surface area contributed by atoms with E-state index in [9.17, 15) is 22.8 Å². The molecule has 0 aromatic heterocycles. The molecule has 1 aliphatic heterocycles. The fraction of sp³-hybridized carbons (Fsp3) is 0.344. The Morgan fingerprint density at radius 1 is 1.07 bits per heavy atom. The highest BCUT2D eigenvalue weighted by Gasteiger charge is 2.36. The smallest absolute Gasteiger partial charge is 0.416 e. The molecular weight excluding hydrogens is 599 g/mol. The van der Waals surface area contributed by atoms with Gasteiger partial charge in [0.25, 0.3) is 0 Å². The van der Waals surface area contributed by atoms with Crippen molar-refractivity contribution < 1.29 is 27.5 Å². The lowest BCUT2D eigenvalue weighted by Gasteiger charge is -2.32. The van der Waals surface area contributed by atoms with Gasteiger partial charge in [-0.05, 0) is 73.0 Å². The number of unbranched alkanes of at least 4 members (excludes halogenated alkanes) is 3. The van der Waals surface area contributed by atoms with Crippen LogP contribution in [0, 0.1) is 0 Å². The molecule has 6 nitrogen and oxygen atoms in total. The lowest BCUT2D eigenvalue weighted by atomic mass is 10.1. The molecule has 1 aliphatic rings. The third-order valence-electron chi connectivity index (χ3n) is 6.76. The van der Waals surface area contributed by atoms with Crippen LogP contribution in [0.3, 0.4) is 0 Å². The van der Waals surface area contributed by atoms with Crippen molar-refractivity contribution in [3.63, 3.8) is 0 Å². The van der Waals surface area contributed by atoms with Crippen LogP contribution in [0.4, 0.5) is 24.5 Å². The number of alkyl halides is 3. The van der Waals surface area contributed by atoms with E-state index in [0.717, 1.165) is 48.7 Å². The lowest BCUT2D eigenvalue weighted by molar-refractivity contribution is -0.137. The van der Waals surface area contributed by atoms with Crippen molar-refractivity contribution in [3.05, 3.63) is 88.9 Å². The van der Waals surface area contributed by atoms with Crippen LogP contribution in [0.1, 0.15) is 50.2 Å². The largest absolute Gasteiger partial charge is 0.494 e. The lowest BCUT2D eigenvalue weighted by Crippen LogP contribution is -2.46. The average molecular weight is 632 g/mol. The molecule has 1 fully saturated rings. The van der Waals surface area contributed by atoms with E-state index in [1.165, 1.54) is 23.5 Å². The van der Waals surface area contributed by atoms with Gasteiger partial charge in [-0.1, -0.05) is 67.7 Å². The second kappa shape index (κ2) is 15.3. The fourth-order valence-electron chi connectivity index (χ4n) is 4.39. The number of nitrogens with one attached hydrogen (secondary N) is 1. The zero-order valence-corrected chi connectivity index (χ0v) is 25.3. The van der Waals surface area contributed by atoms with E-state index >= 15 is 0 Å². The Morgan fingerprint density at radius 3 is 2.51 bits per heavy atom. The minimum atomic E-state index is -4.54. The number of benzene rings is 3. The van der Waals surface area contributed by atoms with E-state index < -0.39 is 22.9 Å². The summed E-state index contributed by atoms with van der Waals surface area (Å²) in [7, 11) is 0. The van der Waals surface area contributed by atoms with Crippen molar-refractivity contribution in [2.24, 2.45) is 4.99 Å². The molecule has 228 valence electrons. The second-order valence-electron chi connectivity index (χ2n) is 10.1. The molecule has 3 aromatic rings. The van der Waals surface area contributed by atoms with Crippen LogP contribution in [0.15, 0.2) is 77.8 Å². The Hall–Kier alpha value is -3.50. The third-order valence-corrected chi connectivity index (χ3v) is 8.20. The maximum absolute atomic E-state index is 13.3. The van der Waals surface area contributed by atoms with Gasteiger partial charge in [0.15, 0.2) is 5.17 Å². The number of rotatable bonds is 12. The topological polar surface area (TPSA) is 71.0 Å². The molecule has 1 heterocycles. The molecule has 0 radical (unpaired) electrons. The molecule has 43 heavy (non-hydrogen) atoms. The van der Waals surface area contributed by atoms with Crippen molar-refractivity contribution in [1.82, 2.24) is 4.90 Å². The summed E-state index contributed by atoms with van der Waals surface area (Å²) >= 11 is 7.03. The number of aliphatic imine (C=N–C) groups is 1. The van der Waals surface area contributed by atoms with Gasteiger partial charge in [-0.15, -0.1) is 0 Å². The Bertz CT molecular complexity index is 1420. The van der Waals surface area contributed by atoms with Crippen molar-refractivity contribution >= 4 is 51.7 Å². The summed E-state index contributed by atoms with van der Waals surface area (Å²) < 4.78 is 45.8. The predicted molar refractivity (Wildman–Crippen MR) is 166 cm³/mol. The van der Waals surface area contributed by atoms with E-state index in [2.05, 4.69) is 17.2 Å². The van der Waals surface area contributed by atoms with Crippen LogP contribution in [-0.2, 0) is 22.2 Å². The number of amidine groups is 1. The summed E-state index contributed by atoms with van der Waals surface area (Å²) in [6.45, 7) is 3.01. The highest BCUT2D eigenvalue weighted by molar-refractivity contribution is 8.15. The fourth-order valence-corrected chi connectivity index (χ4v) is 5.64. The highest BCUT2D eigenvalue weighted by Crippen LogP contribution is 2.34. The molecule has 0 saturated carbocycles. The van der Waals surface area contributed by atoms with Gasteiger partial charge in [-0.3, -0.25) is 14.5 Å². The molecule has 1 atom stereocenters. The highest BCUT2D eigenvalue weighted by atomic mass is 35.5. The Morgan fingerprint density at radius 2 is 1.81 bits per heavy atom. The first-order chi connectivity index (χ1) is 20.6. The van der Waals surface area contributed by atoms with E-state index in [-0.39, 0.29) is 29.7 Å². The van der Waals surface area contributed by atoms with Crippen LogP contribution < -0.4 is 10.1 Å². The predicted octanol–water partition coefficient (Wildman–Crippen LogP) is 8.52. The molecule has 1 saturated heterocycles. The molecular formula is C32H33ClF3N3O3S. The molecule has 1 N–H and O–H groups in total. The average Bonchev–Trinajstić information content (AvgIpc) is 2.98. The van der Waals surface area contributed by atoms with Gasteiger partial charge in [0.2, 0.25) is 11.8 Å². The molecule has 1 unspecified atom stereocenters. The van der Waals surface area contributed by atoms with E-state index in [1.807, 2.05) is 12.1 Å². The number of carbonyl (C=O) groups excluding carboxylic acids is 2. The second-order valence-corrected chi connectivity index (χ2v) is 11.7. The van der Waals surface area contributed by atoms with Crippen LogP contribution >= 0.6 is 23.4 Å². The number of thioether (sulfide) groups is 1. The summed E-state index contributed by atoms with van der Waals surface area (Å²) in [5, 5.41) is 2.76. The zero-order chi connectivity index (χ0) is 30.8. The van der Waals surface area contributed by atoms with Gasteiger partial charge in [0, 0.05) is 23.7 Å². The summed E-state index contributed by atoms with van der Waals surface area (Å²) in [6, 6.07) is 18.7. The number of halogens is 4. The first kappa shape index (κ1) is 32.4. The van der Waals surface area contributed by atoms with Crippen LogP contribution in [0.25, 0.3) is 0 Å². The molecule has 0 spiro atoms. The van der Waals surface area contributed by atoms with Gasteiger partial charge in [0.1, 0.15) is 11.0 Å². The molecule has 3 aromatic carbocycles. The van der Waals surface area contributed by atoms with E-state index in [4.69, 9.17) is 16.3 Å². The van der Waals surface area contributed by atoms with Gasteiger partial charge in [0.05, 0.1) is 17.9 Å². The zero-order valence-electron chi connectivity index (χ0n) is 23.7. The number of anilines is 1. The summed E-state index contributed by atoms with van der Waals surface area (Å²) in [6.07, 6.45) is 0.243. The first-order valence-electron chi connectivity index (χ1n) is 14.1. The molecule has 11 heteroatoms. The number of hydrogen-bond acceptors (Lipinski definition) is 5. The number of hydrogen-bond donors (Lipinski definition) is 1. The number of ether oxygens (including phenoxy) is 1. The Kier molecular flexibility index (Phi) is 11.5. The minimum Gasteiger partial charge on any atom is -0.494 e. The maximum atomic E-state index is 13.3. The van der Waals surface area contributed by atoms with E-state index in [1.54, 1.807) is 36.4 Å². The molecule has 4 rings (SSSR count). The van der Waals surface area contributed by atoms with Crippen molar-refractivity contribution in [2.75, 3.05) is 18.5 Å². The maximum Gasteiger partial charge on any atom is 0.416 e. The number of amides is 2. The van der Waals surface area contributed by atoms with Gasteiger partial charge < -0.3 is 10.1 Å². The van der Waals surface area contributed by atoms with Gasteiger partial charge in [-0.2, -0.15) is 13.2 Å². The van der Waals surface area contributed by atoms with Crippen molar-refractivity contribution in [2.45, 2.75) is 56.9 Å². The molecule has 2 amide bonds. The van der Waals surface area contributed by atoms with Crippen LogP contribution in [0.2, 0.25) is 5.02 Å². The standard InChI is InChI=1S/C32H33ClF3N3O3S/c1-2-3-4-5-19-42-27-15-13-25(14-16-27)37-30(41)28-21-29(40)39(18-17-22-9-11-24(33)12-10-22)31(43-28)38-26-8-6-7-23(20-26)32(34,35)36/h6-16,20,28H,2-5,17-19,21H2,1H3,(H,37,41). The van der Waals surface area contributed by atoms with Gasteiger partial charge in [-0.25, -0.2) is 4.99 Å². The SMILES string of the molecule is CCCCCCOc1ccc(NC(=O)C2CC(=O)N(CCc3ccc(Cl)cc3)C(=Nc3cccc(C(F)(F)F)c3)S2)cc1. The van der Waals surface area contributed by atoms with Crippen molar-refractivity contribution in [3.8, 4) is 5.75 Å². The number of carbonyl (C=O) groups is 2. The summed E-state index contributed by atoms with van der Waals surface area (Å²) in [5.41, 5.74) is 0.650. The Labute approximate surface area is 258 Å². The minimum absolute atomic E-state index is 0.0351. The van der Waals surface area contributed by atoms with Crippen molar-refractivity contribution in [1.29, 1.82) is 0 Å². The molecule has 0 bridgehead atoms. The first-order valence-corrected chi connectivity index (χ1v) is 15.4. The summed E-state index contributed by atoms with van der Waals surface area (Å²) in [5.74, 6) is -0.0466. The van der Waals surface area contributed by atoms with Gasteiger partial charge >= 0.3 is 6.18 Å². The van der Waals surface area contributed by atoms with E-state index in [0.29, 0.717) is 29.5 Å². The monoisotopic (exact) mass is 631 g/mol. The normalized spacial score (nSPS) is 16.4.